The highest BCUT2D eigenvalue weighted by molar-refractivity contribution is 7.08. The van der Waals surface area contributed by atoms with Crippen LogP contribution in [-0.2, 0) is 5.41 Å². The van der Waals surface area contributed by atoms with Crippen LogP contribution < -0.4 is 19.5 Å². The molecule has 1 N–H and O–H groups in total. The van der Waals surface area contributed by atoms with Gasteiger partial charge in [0.1, 0.15) is 0 Å². The van der Waals surface area contributed by atoms with Crippen molar-refractivity contribution in [2.24, 2.45) is 0 Å². The Kier molecular flexibility index (Phi) is 5.71. The smallest absolute Gasteiger partial charge is 0.255 e. The normalized spacial score (nSPS) is 15.5. The van der Waals surface area contributed by atoms with Gasteiger partial charge in [0.05, 0.1) is 26.9 Å². The van der Waals surface area contributed by atoms with Gasteiger partial charge in [-0.2, -0.15) is 11.3 Å². The minimum Gasteiger partial charge on any atom is -0.493 e. The number of thiophene rings is 1. The largest absolute Gasteiger partial charge is 0.493 e. The number of hydrogen-bond acceptors (Lipinski definition) is 5. The molecule has 26 heavy (non-hydrogen) atoms. The monoisotopic (exact) mass is 375 g/mol. The number of carbonyl (C=O) groups excluding carboxylic acids is 1. The summed E-state index contributed by atoms with van der Waals surface area (Å²) in [6.07, 6.45) is 4.61. The summed E-state index contributed by atoms with van der Waals surface area (Å²) in [6.45, 7) is 0.625. The molecule has 1 aromatic heterocycles. The summed E-state index contributed by atoms with van der Waals surface area (Å²) in [5.74, 6) is 1.19. The maximum Gasteiger partial charge on any atom is 0.255 e. The summed E-state index contributed by atoms with van der Waals surface area (Å²) < 4.78 is 16.1. The van der Waals surface area contributed by atoms with Gasteiger partial charge < -0.3 is 19.5 Å². The van der Waals surface area contributed by atoms with Gasteiger partial charge in [-0.1, -0.05) is 12.8 Å². The second kappa shape index (κ2) is 7.99. The predicted molar refractivity (Wildman–Crippen MR) is 103 cm³/mol. The van der Waals surface area contributed by atoms with Crippen molar-refractivity contribution in [1.29, 1.82) is 0 Å². The third kappa shape index (κ3) is 3.38. The quantitative estimate of drug-likeness (QED) is 0.794. The molecule has 1 aromatic carbocycles. The molecule has 5 nitrogen and oxygen atoms in total. The van der Waals surface area contributed by atoms with Gasteiger partial charge in [0.25, 0.3) is 5.91 Å². The standard InChI is InChI=1S/C20H25NO4S/c1-23-16-7-6-15(17(24-2)18(16)25-3)19(22)21-13-20(9-4-5-10-20)14-8-11-26-12-14/h6-8,11-12H,4-5,9-10,13H2,1-3H3,(H,21,22). The first kappa shape index (κ1) is 18.6. The van der Waals surface area contributed by atoms with E-state index in [0.29, 0.717) is 29.4 Å². The molecular formula is C20H25NO4S. The SMILES string of the molecule is COc1ccc(C(=O)NCC2(c3ccsc3)CCCC2)c(OC)c1OC. The first-order valence-corrected chi connectivity index (χ1v) is 9.69. The summed E-state index contributed by atoms with van der Waals surface area (Å²) in [7, 11) is 4.62. The fourth-order valence-electron chi connectivity index (χ4n) is 3.81. The molecule has 0 bridgehead atoms. The van der Waals surface area contributed by atoms with Crippen LogP contribution in [0.5, 0.6) is 17.2 Å². The predicted octanol–water partition coefficient (Wildman–Crippen LogP) is 4.02. The molecule has 1 fully saturated rings. The zero-order valence-electron chi connectivity index (χ0n) is 15.5. The summed E-state index contributed by atoms with van der Waals surface area (Å²) in [5.41, 5.74) is 1.82. The number of hydrogen-bond donors (Lipinski definition) is 1. The zero-order valence-corrected chi connectivity index (χ0v) is 16.3. The van der Waals surface area contributed by atoms with E-state index < -0.39 is 0 Å². The molecule has 1 amide bonds. The van der Waals surface area contributed by atoms with Gasteiger partial charge in [-0.15, -0.1) is 0 Å². The second-order valence-electron chi connectivity index (χ2n) is 6.56. The molecule has 0 radical (unpaired) electrons. The van der Waals surface area contributed by atoms with E-state index in [-0.39, 0.29) is 11.3 Å². The first-order chi connectivity index (χ1) is 12.6. The highest BCUT2D eigenvalue weighted by Crippen LogP contribution is 2.42. The van der Waals surface area contributed by atoms with E-state index in [2.05, 4.69) is 22.1 Å². The van der Waals surface area contributed by atoms with Crippen LogP contribution in [0, 0.1) is 0 Å². The molecule has 3 rings (SSSR count). The van der Waals surface area contributed by atoms with Crippen LogP contribution in [-0.4, -0.2) is 33.8 Å². The number of rotatable bonds is 7. The lowest BCUT2D eigenvalue weighted by molar-refractivity contribution is 0.0939. The van der Waals surface area contributed by atoms with Gasteiger partial charge in [0.15, 0.2) is 11.5 Å². The maximum absolute atomic E-state index is 12.9. The lowest BCUT2D eigenvalue weighted by Gasteiger charge is -2.29. The summed E-state index contributed by atoms with van der Waals surface area (Å²) in [5, 5.41) is 7.43. The third-order valence-electron chi connectivity index (χ3n) is 5.23. The lowest BCUT2D eigenvalue weighted by atomic mass is 9.80. The average Bonchev–Trinajstić information content (AvgIpc) is 3.37. The summed E-state index contributed by atoms with van der Waals surface area (Å²) in [4.78, 5) is 12.9. The molecule has 1 saturated carbocycles. The second-order valence-corrected chi connectivity index (χ2v) is 7.34. The van der Waals surface area contributed by atoms with Crippen LogP contribution in [0.4, 0.5) is 0 Å². The van der Waals surface area contributed by atoms with Crippen molar-refractivity contribution in [1.82, 2.24) is 5.32 Å². The number of nitrogens with one attached hydrogen (secondary N) is 1. The Hall–Kier alpha value is -2.21. The number of methoxy groups -OCH3 is 3. The molecule has 0 atom stereocenters. The molecule has 2 aromatic rings. The summed E-state index contributed by atoms with van der Waals surface area (Å²) in [6, 6.07) is 5.61. The topological polar surface area (TPSA) is 56.8 Å². The van der Waals surface area contributed by atoms with E-state index in [1.165, 1.54) is 32.6 Å². The molecule has 1 heterocycles. The molecule has 0 unspecified atom stereocenters. The Morgan fingerprint density at radius 1 is 1.08 bits per heavy atom. The minimum atomic E-state index is -0.163. The van der Waals surface area contributed by atoms with Gasteiger partial charge >= 0.3 is 0 Å². The molecule has 1 aliphatic rings. The average molecular weight is 375 g/mol. The van der Waals surface area contributed by atoms with E-state index in [4.69, 9.17) is 14.2 Å². The molecule has 140 valence electrons. The number of carbonyl (C=O) groups is 1. The molecule has 1 aliphatic carbocycles. The lowest BCUT2D eigenvalue weighted by Crippen LogP contribution is -2.38. The van der Waals surface area contributed by atoms with E-state index in [0.717, 1.165) is 12.8 Å². The highest BCUT2D eigenvalue weighted by atomic mass is 32.1. The molecule has 0 aliphatic heterocycles. The van der Waals surface area contributed by atoms with Crippen molar-refractivity contribution in [2.75, 3.05) is 27.9 Å². The van der Waals surface area contributed by atoms with Crippen LogP contribution >= 0.6 is 11.3 Å². The van der Waals surface area contributed by atoms with Crippen molar-refractivity contribution in [3.05, 3.63) is 40.1 Å². The van der Waals surface area contributed by atoms with Crippen LogP contribution in [0.25, 0.3) is 0 Å². The Morgan fingerprint density at radius 2 is 1.81 bits per heavy atom. The number of ether oxygens (including phenoxy) is 3. The van der Waals surface area contributed by atoms with Crippen LogP contribution in [0.3, 0.4) is 0 Å². The van der Waals surface area contributed by atoms with Crippen molar-refractivity contribution in [2.45, 2.75) is 31.1 Å². The maximum atomic E-state index is 12.9. The Labute approximate surface area is 158 Å². The highest BCUT2D eigenvalue weighted by Gasteiger charge is 2.36. The zero-order chi connectivity index (χ0) is 18.6. The third-order valence-corrected chi connectivity index (χ3v) is 5.91. The van der Waals surface area contributed by atoms with Crippen LogP contribution in [0.2, 0.25) is 0 Å². The Balaban J connectivity index is 1.82. The van der Waals surface area contributed by atoms with Crippen LogP contribution in [0.15, 0.2) is 29.0 Å². The van der Waals surface area contributed by atoms with Gasteiger partial charge in [-0.05, 0) is 47.4 Å². The van der Waals surface area contributed by atoms with E-state index in [1.807, 2.05) is 0 Å². The molecule has 6 heteroatoms. The van der Waals surface area contributed by atoms with Crippen LogP contribution in [0.1, 0.15) is 41.6 Å². The molecule has 0 spiro atoms. The van der Waals surface area contributed by atoms with Crippen molar-refractivity contribution in [3.8, 4) is 17.2 Å². The van der Waals surface area contributed by atoms with Crippen molar-refractivity contribution >= 4 is 17.2 Å². The van der Waals surface area contributed by atoms with E-state index in [9.17, 15) is 4.79 Å². The van der Waals surface area contributed by atoms with Gasteiger partial charge in [-0.25, -0.2) is 0 Å². The fourth-order valence-corrected chi connectivity index (χ4v) is 4.59. The fraction of sp³-hybridized carbons (Fsp3) is 0.450. The minimum absolute atomic E-state index is 0.0411. The molecular weight excluding hydrogens is 350 g/mol. The van der Waals surface area contributed by atoms with E-state index >= 15 is 0 Å². The van der Waals surface area contributed by atoms with Crippen molar-refractivity contribution < 1.29 is 19.0 Å². The van der Waals surface area contributed by atoms with Gasteiger partial charge in [-0.3, -0.25) is 4.79 Å². The van der Waals surface area contributed by atoms with Gasteiger partial charge in [0.2, 0.25) is 5.75 Å². The Bertz CT molecular complexity index is 751. The van der Waals surface area contributed by atoms with Gasteiger partial charge in [0, 0.05) is 12.0 Å². The summed E-state index contributed by atoms with van der Waals surface area (Å²) >= 11 is 1.71. The number of amides is 1. The van der Waals surface area contributed by atoms with Crippen molar-refractivity contribution in [3.63, 3.8) is 0 Å². The Morgan fingerprint density at radius 3 is 2.38 bits per heavy atom. The molecule has 0 saturated heterocycles. The van der Waals surface area contributed by atoms with E-state index in [1.54, 1.807) is 30.6 Å². The first-order valence-electron chi connectivity index (χ1n) is 8.75. The number of benzene rings is 1.